The van der Waals surface area contributed by atoms with Crippen molar-refractivity contribution in [3.8, 4) is 34.0 Å². The van der Waals surface area contributed by atoms with Crippen molar-refractivity contribution in [2.24, 2.45) is 0 Å². The second-order valence-corrected chi connectivity index (χ2v) is 5.81. The molecular weight excluding hydrogens is 333 g/mol. The zero-order valence-electron chi connectivity index (χ0n) is 14.3. The summed E-state index contributed by atoms with van der Waals surface area (Å²) in [5.41, 5.74) is 3.12. The Kier molecular flexibility index (Phi) is 4.01. The first-order chi connectivity index (χ1) is 12.7. The number of benzene rings is 2. The van der Waals surface area contributed by atoms with E-state index in [9.17, 15) is 4.39 Å². The van der Waals surface area contributed by atoms with Crippen LogP contribution in [0.4, 0.5) is 4.39 Å². The summed E-state index contributed by atoms with van der Waals surface area (Å²) in [4.78, 5) is 4.46. The van der Waals surface area contributed by atoms with Gasteiger partial charge in [-0.3, -0.25) is 0 Å². The maximum Gasteiger partial charge on any atom is 0.143 e. The lowest BCUT2D eigenvalue weighted by atomic mass is 10.0. The summed E-state index contributed by atoms with van der Waals surface area (Å²) in [6.07, 6.45) is 3.57. The van der Waals surface area contributed by atoms with E-state index in [1.807, 2.05) is 35.0 Å². The van der Waals surface area contributed by atoms with Gasteiger partial charge in [0.15, 0.2) is 0 Å². The molecule has 6 heteroatoms. The maximum absolute atomic E-state index is 14.2. The van der Waals surface area contributed by atoms with Crippen LogP contribution in [0.25, 0.3) is 28.2 Å². The largest absolute Gasteiger partial charge is 0.497 e. The Morgan fingerprint density at radius 3 is 2.58 bits per heavy atom. The Hall–Kier alpha value is -3.41. The molecule has 4 rings (SSSR count). The SMILES string of the molecule is COc1ccc(-n2cnc(-c3c(-c4ccccc4F)noc3C)c2)cc1. The molecule has 2 aromatic heterocycles. The minimum Gasteiger partial charge on any atom is -0.497 e. The van der Waals surface area contributed by atoms with E-state index < -0.39 is 0 Å². The molecule has 130 valence electrons. The van der Waals surface area contributed by atoms with Gasteiger partial charge in [-0.15, -0.1) is 0 Å². The Labute approximate surface area is 149 Å². The number of aromatic nitrogens is 3. The highest BCUT2D eigenvalue weighted by molar-refractivity contribution is 5.80. The van der Waals surface area contributed by atoms with Gasteiger partial charge < -0.3 is 13.8 Å². The highest BCUT2D eigenvalue weighted by Crippen LogP contribution is 2.34. The summed E-state index contributed by atoms with van der Waals surface area (Å²) < 4.78 is 26.6. The van der Waals surface area contributed by atoms with Crippen LogP contribution in [-0.4, -0.2) is 21.8 Å². The molecule has 0 radical (unpaired) electrons. The molecule has 0 atom stereocenters. The van der Waals surface area contributed by atoms with Crippen LogP contribution in [-0.2, 0) is 0 Å². The Morgan fingerprint density at radius 2 is 1.85 bits per heavy atom. The predicted molar refractivity (Wildman–Crippen MR) is 95.7 cm³/mol. The number of imidazole rings is 1. The number of ether oxygens (including phenoxy) is 1. The van der Waals surface area contributed by atoms with Gasteiger partial charge in [0, 0.05) is 17.4 Å². The van der Waals surface area contributed by atoms with Crippen molar-refractivity contribution in [2.45, 2.75) is 6.92 Å². The predicted octanol–water partition coefficient (Wildman–Crippen LogP) is 4.65. The van der Waals surface area contributed by atoms with Gasteiger partial charge in [0.05, 0.1) is 24.7 Å². The van der Waals surface area contributed by atoms with Crippen molar-refractivity contribution >= 4 is 0 Å². The van der Waals surface area contributed by atoms with E-state index in [1.54, 1.807) is 38.6 Å². The molecule has 0 bridgehead atoms. The molecule has 0 aliphatic carbocycles. The van der Waals surface area contributed by atoms with Gasteiger partial charge in [-0.25, -0.2) is 9.37 Å². The lowest BCUT2D eigenvalue weighted by molar-refractivity contribution is 0.400. The van der Waals surface area contributed by atoms with E-state index >= 15 is 0 Å². The molecule has 2 heterocycles. The van der Waals surface area contributed by atoms with Crippen molar-refractivity contribution in [2.75, 3.05) is 7.11 Å². The third-order valence-corrected chi connectivity index (χ3v) is 4.20. The van der Waals surface area contributed by atoms with Crippen molar-refractivity contribution < 1.29 is 13.7 Å². The summed E-state index contributed by atoms with van der Waals surface area (Å²) in [6, 6.07) is 14.1. The van der Waals surface area contributed by atoms with Crippen molar-refractivity contribution in [3.05, 3.63) is 72.6 Å². The molecule has 2 aromatic carbocycles. The van der Waals surface area contributed by atoms with Crippen LogP contribution in [0.15, 0.2) is 65.6 Å². The fourth-order valence-corrected chi connectivity index (χ4v) is 2.86. The number of nitrogens with zero attached hydrogens (tertiary/aromatic N) is 3. The van der Waals surface area contributed by atoms with Gasteiger partial charge >= 0.3 is 0 Å². The lowest BCUT2D eigenvalue weighted by Gasteiger charge is -2.04. The quantitative estimate of drug-likeness (QED) is 0.538. The number of rotatable bonds is 4. The number of methoxy groups -OCH3 is 1. The molecule has 0 N–H and O–H groups in total. The van der Waals surface area contributed by atoms with Crippen LogP contribution in [0.3, 0.4) is 0 Å². The smallest absolute Gasteiger partial charge is 0.143 e. The van der Waals surface area contributed by atoms with Crippen LogP contribution >= 0.6 is 0 Å². The number of aryl methyl sites for hydroxylation is 1. The Balaban J connectivity index is 1.77. The Morgan fingerprint density at radius 1 is 1.08 bits per heavy atom. The van der Waals surface area contributed by atoms with Gasteiger partial charge in [0.25, 0.3) is 0 Å². The van der Waals surface area contributed by atoms with Gasteiger partial charge in [-0.1, -0.05) is 17.3 Å². The third-order valence-electron chi connectivity index (χ3n) is 4.20. The summed E-state index contributed by atoms with van der Waals surface area (Å²) >= 11 is 0. The lowest BCUT2D eigenvalue weighted by Crippen LogP contribution is -1.90. The van der Waals surface area contributed by atoms with Crippen molar-refractivity contribution in [1.29, 1.82) is 0 Å². The van der Waals surface area contributed by atoms with Gasteiger partial charge in [0.1, 0.15) is 23.0 Å². The first-order valence-electron chi connectivity index (χ1n) is 8.07. The molecule has 0 spiro atoms. The number of halogens is 1. The van der Waals surface area contributed by atoms with E-state index in [0.717, 1.165) is 11.4 Å². The number of hydrogen-bond acceptors (Lipinski definition) is 4. The van der Waals surface area contributed by atoms with E-state index in [0.29, 0.717) is 28.3 Å². The highest BCUT2D eigenvalue weighted by atomic mass is 19.1. The summed E-state index contributed by atoms with van der Waals surface area (Å²) in [5.74, 6) is 1.02. The normalized spacial score (nSPS) is 10.9. The molecule has 0 fully saturated rings. The van der Waals surface area contributed by atoms with Crippen LogP contribution in [0.1, 0.15) is 5.76 Å². The molecule has 26 heavy (non-hydrogen) atoms. The van der Waals surface area contributed by atoms with Gasteiger partial charge in [-0.2, -0.15) is 0 Å². The molecule has 0 unspecified atom stereocenters. The average molecular weight is 349 g/mol. The first kappa shape index (κ1) is 16.1. The molecule has 0 saturated heterocycles. The molecule has 0 aliphatic heterocycles. The van der Waals surface area contributed by atoms with E-state index in [1.165, 1.54) is 6.07 Å². The molecule has 0 amide bonds. The monoisotopic (exact) mass is 349 g/mol. The van der Waals surface area contributed by atoms with Crippen LogP contribution in [0.5, 0.6) is 5.75 Å². The summed E-state index contributed by atoms with van der Waals surface area (Å²) in [7, 11) is 1.63. The molecule has 5 nitrogen and oxygen atoms in total. The van der Waals surface area contributed by atoms with Crippen molar-refractivity contribution in [1.82, 2.24) is 14.7 Å². The zero-order chi connectivity index (χ0) is 18.1. The van der Waals surface area contributed by atoms with Crippen LogP contribution < -0.4 is 4.74 Å². The topological polar surface area (TPSA) is 53.1 Å². The second kappa shape index (κ2) is 6.48. The van der Waals surface area contributed by atoms with Crippen LogP contribution in [0, 0.1) is 12.7 Å². The highest BCUT2D eigenvalue weighted by Gasteiger charge is 2.21. The van der Waals surface area contributed by atoms with Crippen molar-refractivity contribution in [3.63, 3.8) is 0 Å². The Bertz CT molecular complexity index is 1050. The minimum absolute atomic E-state index is 0.350. The van der Waals surface area contributed by atoms with E-state index in [2.05, 4.69) is 10.1 Å². The van der Waals surface area contributed by atoms with Gasteiger partial charge in [0.2, 0.25) is 0 Å². The average Bonchev–Trinajstić information content (AvgIpc) is 3.29. The fraction of sp³-hybridized carbons (Fsp3) is 0.100. The third kappa shape index (κ3) is 2.75. The minimum atomic E-state index is -0.350. The standard InChI is InChI=1S/C20H16FN3O2/c1-13-19(20(23-26-13)16-5-3-4-6-17(16)21)18-11-24(12-22-18)14-7-9-15(25-2)10-8-14/h3-12H,1-2H3. The second-order valence-electron chi connectivity index (χ2n) is 5.81. The summed E-state index contributed by atoms with van der Waals surface area (Å²) in [6.45, 7) is 1.79. The molecular formula is C20H16FN3O2. The molecule has 0 aliphatic rings. The van der Waals surface area contributed by atoms with Crippen LogP contribution in [0.2, 0.25) is 0 Å². The van der Waals surface area contributed by atoms with Gasteiger partial charge in [-0.05, 0) is 43.3 Å². The maximum atomic E-state index is 14.2. The van der Waals surface area contributed by atoms with E-state index in [-0.39, 0.29) is 5.82 Å². The first-order valence-corrected chi connectivity index (χ1v) is 8.07. The summed E-state index contributed by atoms with van der Waals surface area (Å²) in [5, 5.41) is 4.05. The molecule has 4 aromatic rings. The van der Waals surface area contributed by atoms with E-state index in [4.69, 9.17) is 9.26 Å². The fourth-order valence-electron chi connectivity index (χ4n) is 2.86. The zero-order valence-corrected chi connectivity index (χ0v) is 14.3. The molecule has 0 saturated carbocycles. The number of hydrogen-bond donors (Lipinski definition) is 0.